The fourth-order valence-corrected chi connectivity index (χ4v) is 2.51. The molecular formula is C15H17N3O5. The lowest BCUT2D eigenvalue weighted by Crippen LogP contribution is -2.37. The van der Waals surface area contributed by atoms with Gasteiger partial charge in [0.05, 0.1) is 6.61 Å². The quantitative estimate of drug-likeness (QED) is 0.503. The van der Waals surface area contributed by atoms with Gasteiger partial charge in [-0.05, 0) is 5.56 Å². The van der Waals surface area contributed by atoms with Crippen LogP contribution in [0, 0.1) is 0 Å². The third-order valence-corrected chi connectivity index (χ3v) is 3.73. The van der Waals surface area contributed by atoms with Crippen LogP contribution >= 0.6 is 0 Å². The average Bonchev–Trinajstić information content (AvgIpc) is 2.84. The predicted molar refractivity (Wildman–Crippen MR) is 81.7 cm³/mol. The predicted octanol–water partition coefficient (Wildman–Crippen LogP) is -0.712. The summed E-state index contributed by atoms with van der Waals surface area (Å²) in [5.74, 6) is 0.311. The van der Waals surface area contributed by atoms with Gasteiger partial charge in [0.25, 0.3) is 0 Å². The molecule has 1 saturated heterocycles. The van der Waals surface area contributed by atoms with E-state index in [2.05, 4.69) is 15.3 Å². The van der Waals surface area contributed by atoms with E-state index >= 15 is 0 Å². The maximum atomic E-state index is 11.5. The van der Waals surface area contributed by atoms with Gasteiger partial charge in [-0.25, -0.2) is 9.78 Å². The maximum absolute atomic E-state index is 11.5. The molecule has 0 bridgehead atoms. The van der Waals surface area contributed by atoms with E-state index in [1.807, 2.05) is 30.3 Å². The van der Waals surface area contributed by atoms with Crippen molar-refractivity contribution in [1.82, 2.24) is 9.97 Å². The minimum Gasteiger partial charge on any atom is -0.394 e. The van der Waals surface area contributed by atoms with E-state index in [1.54, 1.807) is 0 Å². The molecule has 122 valence electrons. The van der Waals surface area contributed by atoms with Crippen LogP contribution < -0.4 is 11.0 Å². The van der Waals surface area contributed by atoms with E-state index in [-0.39, 0.29) is 0 Å². The third-order valence-electron chi connectivity index (χ3n) is 3.73. The Labute approximate surface area is 131 Å². The zero-order valence-electron chi connectivity index (χ0n) is 12.1. The molecule has 2 aromatic rings. The van der Waals surface area contributed by atoms with Crippen LogP contribution in [-0.2, 0) is 4.74 Å². The fraction of sp³-hybridized carbons (Fsp3) is 0.333. The Bertz CT molecular complexity index is 721. The Kier molecular flexibility index (Phi) is 4.39. The van der Waals surface area contributed by atoms with Crippen molar-refractivity contribution in [1.29, 1.82) is 0 Å². The number of aromatic nitrogens is 2. The van der Waals surface area contributed by atoms with Crippen LogP contribution in [0.1, 0.15) is 0 Å². The van der Waals surface area contributed by atoms with E-state index in [9.17, 15) is 15.0 Å². The van der Waals surface area contributed by atoms with Crippen LogP contribution in [0.3, 0.4) is 0 Å². The molecular weight excluding hydrogens is 302 g/mol. The molecule has 8 nitrogen and oxygen atoms in total. The zero-order valence-corrected chi connectivity index (χ0v) is 12.1. The number of rotatable bonds is 4. The van der Waals surface area contributed by atoms with Gasteiger partial charge in [-0.1, -0.05) is 30.3 Å². The summed E-state index contributed by atoms with van der Waals surface area (Å²) in [4.78, 5) is 17.8. The zero-order chi connectivity index (χ0) is 16.4. The van der Waals surface area contributed by atoms with Gasteiger partial charge in [-0.2, -0.15) is 0 Å². The van der Waals surface area contributed by atoms with E-state index in [0.717, 1.165) is 5.56 Å². The molecule has 0 amide bonds. The van der Waals surface area contributed by atoms with E-state index in [0.29, 0.717) is 11.4 Å². The Morgan fingerprint density at radius 1 is 1.22 bits per heavy atom. The molecule has 1 aromatic carbocycles. The van der Waals surface area contributed by atoms with Crippen molar-refractivity contribution >= 4 is 5.82 Å². The summed E-state index contributed by atoms with van der Waals surface area (Å²) in [6, 6.07) is 9.24. The van der Waals surface area contributed by atoms with Crippen molar-refractivity contribution in [3.8, 4) is 11.1 Å². The number of aliphatic hydroxyl groups is 3. The molecule has 5 N–H and O–H groups in total. The second kappa shape index (κ2) is 6.47. The average molecular weight is 319 g/mol. The number of ether oxygens (including phenoxy) is 1. The summed E-state index contributed by atoms with van der Waals surface area (Å²) >= 11 is 0. The number of anilines is 1. The number of hydrogen-bond acceptors (Lipinski definition) is 7. The molecule has 0 aliphatic carbocycles. The smallest absolute Gasteiger partial charge is 0.346 e. The van der Waals surface area contributed by atoms with Crippen molar-refractivity contribution in [3.05, 3.63) is 47.0 Å². The number of aliphatic hydroxyl groups excluding tert-OH is 3. The summed E-state index contributed by atoms with van der Waals surface area (Å²) in [5.41, 5.74) is 0.868. The summed E-state index contributed by atoms with van der Waals surface area (Å²) < 4.78 is 5.37. The minimum absolute atomic E-state index is 0.311. The number of nitrogens with zero attached hydrogens (tertiary/aromatic N) is 1. The van der Waals surface area contributed by atoms with Crippen molar-refractivity contribution in [2.24, 2.45) is 0 Å². The number of benzene rings is 1. The normalized spacial score (nSPS) is 27.1. The summed E-state index contributed by atoms with van der Waals surface area (Å²) in [7, 11) is 0. The number of nitrogens with one attached hydrogen (secondary N) is 2. The van der Waals surface area contributed by atoms with Crippen molar-refractivity contribution < 1.29 is 20.1 Å². The van der Waals surface area contributed by atoms with Gasteiger partial charge in [0.1, 0.15) is 24.1 Å². The Morgan fingerprint density at radius 3 is 2.61 bits per heavy atom. The van der Waals surface area contributed by atoms with E-state index < -0.39 is 36.8 Å². The molecule has 8 heteroatoms. The first kappa shape index (κ1) is 15.6. The largest absolute Gasteiger partial charge is 0.394 e. The molecule has 4 atom stereocenters. The van der Waals surface area contributed by atoms with Crippen LogP contribution in [0.5, 0.6) is 0 Å². The van der Waals surface area contributed by atoms with E-state index in [1.165, 1.54) is 6.20 Å². The third kappa shape index (κ3) is 3.10. The van der Waals surface area contributed by atoms with Crippen LogP contribution in [0.2, 0.25) is 0 Å². The Morgan fingerprint density at radius 2 is 1.96 bits per heavy atom. The highest BCUT2D eigenvalue weighted by Crippen LogP contribution is 2.28. The molecule has 0 radical (unpaired) electrons. The monoisotopic (exact) mass is 319 g/mol. The van der Waals surface area contributed by atoms with Crippen molar-refractivity contribution in [3.63, 3.8) is 0 Å². The Hall–Kier alpha value is -2.26. The lowest BCUT2D eigenvalue weighted by atomic mass is 10.1. The van der Waals surface area contributed by atoms with Crippen molar-refractivity contribution in [2.45, 2.75) is 24.5 Å². The number of aromatic amines is 1. The molecule has 0 spiro atoms. The standard InChI is InChI=1S/C15H17N3O5/c19-7-10-11(20)12(21)14(23-10)17-13-9(6-16-15(22)18-13)8-4-2-1-3-5-8/h1-6,10-12,14,19-21H,7H2,(H2,16,17,18,22)/t10-,11+,12-,14-/m1/s1. The molecule has 3 rings (SSSR count). The Balaban J connectivity index is 1.91. The molecule has 0 unspecified atom stereocenters. The first-order valence-corrected chi connectivity index (χ1v) is 7.14. The molecule has 0 saturated carbocycles. The summed E-state index contributed by atoms with van der Waals surface area (Å²) in [6.45, 7) is -0.422. The molecule has 1 aliphatic rings. The lowest BCUT2D eigenvalue weighted by molar-refractivity contribution is -0.0153. The van der Waals surface area contributed by atoms with Gasteiger partial charge in [0.2, 0.25) is 0 Å². The fourth-order valence-electron chi connectivity index (χ4n) is 2.51. The van der Waals surface area contributed by atoms with Gasteiger partial charge < -0.3 is 25.4 Å². The van der Waals surface area contributed by atoms with Crippen LogP contribution in [0.4, 0.5) is 5.82 Å². The second-order valence-corrected chi connectivity index (χ2v) is 5.25. The van der Waals surface area contributed by atoms with E-state index in [4.69, 9.17) is 9.84 Å². The summed E-state index contributed by atoms with van der Waals surface area (Å²) in [6.07, 6.45) is -2.91. The maximum Gasteiger partial charge on any atom is 0.346 e. The number of H-pyrrole nitrogens is 1. The minimum atomic E-state index is -1.24. The molecule has 1 aliphatic heterocycles. The first-order chi connectivity index (χ1) is 11.1. The highest BCUT2D eigenvalue weighted by Gasteiger charge is 2.42. The second-order valence-electron chi connectivity index (χ2n) is 5.25. The van der Waals surface area contributed by atoms with Gasteiger partial charge in [-0.15, -0.1) is 0 Å². The van der Waals surface area contributed by atoms with Gasteiger partial charge in [-0.3, -0.25) is 4.98 Å². The van der Waals surface area contributed by atoms with Crippen LogP contribution in [-0.4, -0.2) is 56.4 Å². The summed E-state index contributed by atoms with van der Waals surface area (Å²) in [5, 5.41) is 31.8. The molecule has 1 aromatic heterocycles. The molecule has 23 heavy (non-hydrogen) atoms. The van der Waals surface area contributed by atoms with Gasteiger partial charge in [0.15, 0.2) is 6.23 Å². The van der Waals surface area contributed by atoms with Gasteiger partial charge >= 0.3 is 5.69 Å². The van der Waals surface area contributed by atoms with Gasteiger partial charge in [0, 0.05) is 11.8 Å². The highest BCUT2D eigenvalue weighted by atomic mass is 16.6. The first-order valence-electron chi connectivity index (χ1n) is 7.14. The molecule has 1 fully saturated rings. The topological polar surface area (TPSA) is 128 Å². The number of hydrogen-bond donors (Lipinski definition) is 5. The molecule has 2 heterocycles. The highest BCUT2D eigenvalue weighted by molar-refractivity contribution is 5.74. The van der Waals surface area contributed by atoms with Crippen molar-refractivity contribution in [2.75, 3.05) is 11.9 Å². The van der Waals surface area contributed by atoms with Crippen LogP contribution in [0.25, 0.3) is 11.1 Å². The lowest BCUT2D eigenvalue weighted by Gasteiger charge is -2.19. The van der Waals surface area contributed by atoms with Crippen LogP contribution in [0.15, 0.2) is 41.3 Å². The SMILES string of the molecule is O=c1ncc(-c2ccccc2)c(N[C@@H]2O[C@H](CO)[C@H](O)[C@H]2O)[nH]1.